The van der Waals surface area contributed by atoms with Gasteiger partial charge in [0.2, 0.25) is 10.0 Å². The first kappa shape index (κ1) is 22.7. The predicted octanol–water partition coefficient (Wildman–Crippen LogP) is 4.08. The smallest absolute Gasteiger partial charge is 0.252 e. The summed E-state index contributed by atoms with van der Waals surface area (Å²) in [5.74, 6) is -0.409. The lowest BCUT2D eigenvalue weighted by Crippen LogP contribution is -2.30. The van der Waals surface area contributed by atoms with E-state index < -0.39 is 22.0 Å². The Morgan fingerprint density at radius 3 is 2.32 bits per heavy atom. The number of sulfonamides is 1. The molecule has 0 radical (unpaired) electrons. The van der Waals surface area contributed by atoms with Gasteiger partial charge in [-0.25, -0.2) is 8.42 Å². The second-order valence-electron chi connectivity index (χ2n) is 6.83. The summed E-state index contributed by atoms with van der Waals surface area (Å²) in [5.41, 5.74) is 2.47. The molecule has 1 unspecified atom stereocenters. The van der Waals surface area contributed by atoms with Crippen molar-refractivity contribution in [3.63, 3.8) is 0 Å². The minimum absolute atomic E-state index is 0.0321. The van der Waals surface area contributed by atoms with Crippen molar-refractivity contribution < 1.29 is 13.2 Å². The maximum absolute atomic E-state index is 13.1. The van der Waals surface area contributed by atoms with Crippen molar-refractivity contribution in [1.29, 1.82) is 5.26 Å². The number of nitrogens with zero attached hydrogens (tertiary/aromatic N) is 1. The van der Waals surface area contributed by atoms with E-state index in [2.05, 4.69) is 26.0 Å². The number of aryl methyl sites for hydroxylation is 1. The van der Waals surface area contributed by atoms with Gasteiger partial charge in [-0.15, -0.1) is 0 Å². The van der Waals surface area contributed by atoms with Crippen molar-refractivity contribution >= 4 is 31.9 Å². The molecule has 6 nitrogen and oxygen atoms in total. The first-order valence-electron chi connectivity index (χ1n) is 9.40. The van der Waals surface area contributed by atoms with Gasteiger partial charge >= 0.3 is 0 Å². The molecule has 31 heavy (non-hydrogen) atoms. The SMILES string of the molecule is Cc1ccc(C(=O)NC(c2ccccc2)c2ccc(Br)cc2)cc1S(=O)(=O)NCC#N. The molecule has 0 aromatic heterocycles. The van der Waals surface area contributed by atoms with Gasteiger partial charge in [-0.05, 0) is 47.9 Å². The van der Waals surface area contributed by atoms with E-state index in [-0.39, 0.29) is 17.0 Å². The van der Waals surface area contributed by atoms with Crippen LogP contribution in [0.5, 0.6) is 0 Å². The number of nitriles is 1. The lowest BCUT2D eigenvalue weighted by atomic mass is 9.98. The molecule has 2 N–H and O–H groups in total. The monoisotopic (exact) mass is 497 g/mol. The largest absolute Gasteiger partial charge is 0.341 e. The topological polar surface area (TPSA) is 99.1 Å². The minimum atomic E-state index is -3.90. The second kappa shape index (κ2) is 9.88. The molecule has 0 bridgehead atoms. The summed E-state index contributed by atoms with van der Waals surface area (Å²) >= 11 is 3.42. The van der Waals surface area contributed by atoms with Gasteiger partial charge in [-0.1, -0.05) is 64.5 Å². The summed E-state index contributed by atoms with van der Waals surface area (Å²) in [5, 5.41) is 11.7. The second-order valence-corrected chi connectivity index (χ2v) is 9.48. The molecule has 0 aliphatic rings. The van der Waals surface area contributed by atoms with Gasteiger partial charge in [0.15, 0.2) is 0 Å². The standard InChI is InChI=1S/C23H20BrN3O3S/c1-16-7-8-19(15-21(16)31(29,30)26-14-13-25)23(28)27-22(17-5-3-2-4-6-17)18-9-11-20(24)12-10-18/h2-12,15,22,26H,14H2,1H3,(H,27,28). The number of benzene rings is 3. The molecule has 1 atom stereocenters. The van der Waals surface area contributed by atoms with Gasteiger partial charge in [0.1, 0.15) is 0 Å². The number of nitrogens with one attached hydrogen (secondary N) is 2. The highest BCUT2D eigenvalue weighted by Crippen LogP contribution is 2.25. The quantitative estimate of drug-likeness (QED) is 0.480. The Morgan fingerprint density at radius 1 is 1.03 bits per heavy atom. The van der Waals surface area contributed by atoms with E-state index in [4.69, 9.17) is 5.26 Å². The van der Waals surface area contributed by atoms with E-state index >= 15 is 0 Å². The van der Waals surface area contributed by atoms with E-state index in [0.29, 0.717) is 5.56 Å². The summed E-state index contributed by atoms with van der Waals surface area (Å²) < 4.78 is 28.1. The summed E-state index contributed by atoms with van der Waals surface area (Å²) in [6.07, 6.45) is 0. The van der Waals surface area contributed by atoms with Crippen LogP contribution in [0.3, 0.4) is 0 Å². The summed E-state index contributed by atoms with van der Waals surface area (Å²) in [6, 6.07) is 23.0. The molecule has 0 saturated carbocycles. The Morgan fingerprint density at radius 2 is 1.68 bits per heavy atom. The molecule has 0 fully saturated rings. The molecule has 0 aliphatic heterocycles. The predicted molar refractivity (Wildman–Crippen MR) is 122 cm³/mol. The Hall–Kier alpha value is -2.99. The Bertz CT molecular complexity index is 1220. The third kappa shape index (κ3) is 5.58. The van der Waals surface area contributed by atoms with E-state index in [1.165, 1.54) is 6.07 Å². The molecular formula is C23H20BrN3O3S. The maximum Gasteiger partial charge on any atom is 0.252 e. The van der Waals surface area contributed by atoms with Crippen molar-refractivity contribution in [2.45, 2.75) is 17.9 Å². The number of carbonyl (C=O) groups excluding carboxylic acids is 1. The molecule has 0 heterocycles. The molecule has 8 heteroatoms. The number of hydrogen-bond donors (Lipinski definition) is 2. The molecule has 158 valence electrons. The molecule has 3 aromatic rings. The van der Waals surface area contributed by atoms with Crippen LogP contribution in [-0.2, 0) is 10.0 Å². The van der Waals surface area contributed by atoms with Crippen molar-refractivity contribution in [3.05, 3.63) is 99.5 Å². The summed E-state index contributed by atoms with van der Waals surface area (Å²) in [7, 11) is -3.90. The van der Waals surface area contributed by atoms with E-state index in [1.807, 2.05) is 54.6 Å². The average molecular weight is 498 g/mol. The number of carbonyl (C=O) groups is 1. The van der Waals surface area contributed by atoms with Crippen LogP contribution >= 0.6 is 15.9 Å². The van der Waals surface area contributed by atoms with E-state index in [9.17, 15) is 13.2 Å². The Labute approximate surface area is 190 Å². The zero-order valence-electron chi connectivity index (χ0n) is 16.7. The normalized spacial score (nSPS) is 12.0. The molecule has 1 amide bonds. The molecule has 0 spiro atoms. The van der Waals surface area contributed by atoms with Crippen LogP contribution in [0.15, 0.2) is 82.2 Å². The third-order valence-electron chi connectivity index (χ3n) is 4.69. The van der Waals surface area contributed by atoms with Crippen molar-refractivity contribution in [2.24, 2.45) is 0 Å². The molecular weight excluding hydrogens is 478 g/mol. The fourth-order valence-corrected chi connectivity index (χ4v) is 4.56. The van der Waals surface area contributed by atoms with Crippen LogP contribution in [0.25, 0.3) is 0 Å². The number of hydrogen-bond acceptors (Lipinski definition) is 4. The lowest BCUT2D eigenvalue weighted by Gasteiger charge is -2.20. The fourth-order valence-electron chi connectivity index (χ4n) is 3.11. The first-order valence-corrected chi connectivity index (χ1v) is 11.7. The molecule has 3 rings (SSSR count). The Kier molecular flexibility index (Phi) is 7.23. The van der Waals surface area contributed by atoms with E-state index in [1.54, 1.807) is 25.1 Å². The van der Waals surface area contributed by atoms with Gasteiger partial charge in [-0.2, -0.15) is 9.98 Å². The number of halogens is 1. The van der Waals surface area contributed by atoms with Crippen LogP contribution < -0.4 is 10.0 Å². The fraction of sp³-hybridized carbons (Fsp3) is 0.130. The van der Waals surface area contributed by atoms with Crippen LogP contribution in [0, 0.1) is 18.3 Å². The number of rotatable bonds is 7. The van der Waals surface area contributed by atoms with E-state index in [0.717, 1.165) is 15.6 Å². The van der Waals surface area contributed by atoms with Gasteiger partial charge in [0.25, 0.3) is 5.91 Å². The van der Waals surface area contributed by atoms with Crippen molar-refractivity contribution in [3.8, 4) is 6.07 Å². The van der Waals surface area contributed by atoms with Crippen LogP contribution in [-0.4, -0.2) is 20.9 Å². The van der Waals surface area contributed by atoms with Gasteiger partial charge in [-0.3, -0.25) is 4.79 Å². The highest BCUT2D eigenvalue weighted by molar-refractivity contribution is 9.10. The van der Waals surface area contributed by atoms with Gasteiger partial charge in [0, 0.05) is 10.0 Å². The lowest BCUT2D eigenvalue weighted by molar-refractivity contribution is 0.0942. The van der Waals surface area contributed by atoms with Gasteiger partial charge in [0.05, 0.1) is 23.6 Å². The van der Waals surface area contributed by atoms with Crippen molar-refractivity contribution in [2.75, 3.05) is 6.54 Å². The minimum Gasteiger partial charge on any atom is -0.341 e. The number of amides is 1. The summed E-state index contributed by atoms with van der Waals surface area (Å²) in [6.45, 7) is 1.29. The zero-order valence-corrected chi connectivity index (χ0v) is 19.1. The average Bonchev–Trinajstić information content (AvgIpc) is 2.77. The molecule has 0 aliphatic carbocycles. The summed E-state index contributed by atoms with van der Waals surface area (Å²) in [4.78, 5) is 13.1. The maximum atomic E-state index is 13.1. The Balaban J connectivity index is 1.95. The van der Waals surface area contributed by atoms with Crippen LogP contribution in [0.2, 0.25) is 0 Å². The van der Waals surface area contributed by atoms with Gasteiger partial charge < -0.3 is 5.32 Å². The molecule has 3 aromatic carbocycles. The van der Waals surface area contributed by atoms with Crippen LogP contribution in [0.4, 0.5) is 0 Å². The molecule has 0 saturated heterocycles. The van der Waals surface area contributed by atoms with Crippen LogP contribution in [0.1, 0.15) is 33.1 Å². The highest BCUT2D eigenvalue weighted by Gasteiger charge is 2.21. The highest BCUT2D eigenvalue weighted by atomic mass is 79.9. The third-order valence-corrected chi connectivity index (χ3v) is 6.76. The van der Waals surface area contributed by atoms with Crippen molar-refractivity contribution in [1.82, 2.24) is 10.0 Å². The zero-order chi connectivity index (χ0) is 22.4. The first-order chi connectivity index (χ1) is 14.8.